The van der Waals surface area contributed by atoms with Gasteiger partial charge in [-0.05, 0) is 49.2 Å². The molecule has 0 saturated heterocycles. The highest BCUT2D eigenvalue weighted by Crippen LogP contribution is 2.29. The third-order valence-electron chi connectivity index (χ3n) is 5.49. The number of nitrogens with one attached hydrogen (secondary N) is 1. The Labute approximate surface area is 182 Å². The number of aromatic nitrogens is 2. The fourth-order valence-corrected chi connectivity index (χ4v) is 3.91. The summed E-state index contributed by atoms with van der Waals surface area (Å²) in [4.78, 5) is 65.2. The second-order valence-electron chi connectivity index (χ2n) is 7.62. The summed E-state index contributed by atoms with van der Waals surface area (Å²) in [6, 6.07) is 11.6. The molecule has 1 aliphatic heterocycles. The van der Waals surface area contributed by atoms with Gasteiger partial charge < -0.3 is 14.6 Å². The van der Waals surface area contributed by atoms with Crippen LogP contribution in [0.2, 0.25) is 0 Å². The van der Waals surface area contributed by atoms with Gasteiger partial charge in [0, 0.05) is 24.7 Å². The summed E-state index contributed by atoms with van der Waals surface area (Å²) in [7, 11) is 0. The van der Waals surface area contributed by atoms with Crippen molar-refractivity contribution in [3.63, 3.8) is 0 Å². The summed E-state index contributed by atoms with van der Waals surface area (Å²) in [5, 5.41) is 0. The van der Waals surface area contributed by atoms with E-state index in [2.05, 4.69) is 4.98 Å². The first kappa shape index (κ1) is 21.2. The van der Waals surface area contributed by atoms with E-state index < -0.39 is 35.5 Å². The van der Waals surface area contributed by atoms with Crippen molar-refractivity contribution in [3.05, 3.63) is 74.3 Å². The summed E-state index contributed by atoms with van der Waals surface area (Å²) >= 11 is 0. The van der Waals surface area contributed by atoms with Gasteiger partial charge in [0.05, 0.1) is 11.0 Å². The lowest BCUT2D eigenvalue weighted by Crippen LogP contribution is -2.38. The van der Waals surface area contributed by atoms with Gasteiger partial charge in [-0.3, -0.25) is 28.5 Å². The molecule has 1 N–H and O–H groups in total. The number of carbonyl (C=O) groups is 3. The molecule has 0 fully saturated rings. The quantitative estimate of drug-likeness (QED) is 0.368. The lowest BCUT2D eigenvalue weighted by molar-refractivity contribution is -0.147. The number of fused-ring (bicyclic) bond motifs is 2. The molecule has 0 saturated carbocycles. The molecule has 1 aromatic heterocycles. The Balaban J connectivity index is 1.51. The van der Waals surface area contributed by atoms with Crippen LogP contribution in [0, 0.1) is 0 Å². The van der Waals surface area contributed by atoms with Crippen LogP contribution in [0.4, 0.5) is 5.69 Å². The monoisotopic (exact) mass is 435 g/mol. The first-order valence-electron chi connectivity index (χ1n) is 10.1. The summed E-state index contributed by atoms with van der Waals surface area (Å²) in [6.07, 6.45) is -0.447. The highest BCUT2D eigenvalue weighted by molar-refractivity contribution is 6.02. The predicted molar refractivity (Wildman–Crippen MR) is 117 cm³/mol. The number of amides is 1. The van der Waals surface area contributed by atoms with E-state index in [0.29, 0.717) is 29.6 Å². The van der Waals surface area contributed by atoms with Crippen LogP contribution in [-0.2, 0) is 27.3 Å². The molecule has 4 rings (SSSR count). The van der Waals surface area contributed by atoms with Gasteiger partial charge in [-0.1, -0.05) is 12.1 Å². The summed E-state index contributed by atoms with van der Waals surface area (Å²) in [6.45, 7) is 3.00. The van der Waals surface area contributed by atoms with Crippen LogP contribution in [-0.4, -0.2) is 39.9 Å². The molecule has 9 nitrogen and oxygen atoms in total. The van der Waals surface area contributed by atoms with Crippen LogP contribution in [0.25, 0.3) is 11.0 Å². The maximum absolute atomic E-state index is 12.8. The standard InChI is InChI=1S/C23H21N3O6/c1-13(21(29)16-7-8-18-15(11-16)9-10-25(18)14(2)27)32-20(28)12-26-19-6-4-3-5-17(19)24-22(30)23(26)31/h3-8,11,13H,9-10,12H2,1-2H3,(H,24,30)/t13-/m1/s1. The number of H-pyrrole nitrogens is 1. The third kappa shape index (κ3) is 3.84. The summed E-state index contributed by atoms with van der Waals surface area (Å²) in [5.74, 6) is -1.27. The van der Waals surface area contributed by atoms with Gasteiger partial charge in [0.1, 0.15) is 6.54 Å². The van der Waals surface area contributed by atoms with Crippen LogP contribution in [0.3, 0.4) is 0 Å². The minimum atomic E-state index is -1.09. The van der Waals surface area contributed by atoms with Gasteiger partial charge in [0.25, 0.3) is 0 Å². The predicted octanol–water partition coefficient (Wildman–Crippen LogP) is 1.41. The number of nitrogens with zero attached hydrogens (tertiary/aromatic N) is 2. The van der Waals surface area contributed by atoms with Gasteiger partial charge in [-0.25, -0.2) is 0 Å². The molecule has 0 bridgehead atoms. The number of aromatic amines is 1. The molecule has 0 spiro atoms. The Morgan fingerprint density at radius 2 is 1.88 bits per heavy atom. The van der Waals surface area contributed by atoms with Crippen molar-refractivity contribution in [3.8, 4) is 0 Å². The Kier molecular flexibility index (Phi) is 5.48. The van der Waals surface area contributed by atoms with Crippen molar-refractivity contribution in [1.29, 1.82) is 0 Å². The molecule has 2 aromatic carbocycles. The van der Waals surface area contributed by atoms with Crippen LogP contribution >= 0.6 is 0 Å². The van der Waals surface area contributed by atoms with Crippen molar-refractivity contribution >= 4 is 34.4 Å². The molecule has 0 unspecified atom stereocenters. The molecule has 1 atom stereocenters. The Bertz CT molecular complexity index is 1370. The van der Waals surface area contributed by atoms with Gasteiger partial charge >= 0.3 is 17.1 Å². The fourth-order valence-electron chi connectivity index (χ4n) is 3.91. The molecule has 1 amide bonds. The first-order chi connectivity index (χ1) is 15.3. The minimum absolute atomic E-state index is 0.0624. The molecule has 1 aliphatic rings. The Morgan fingerprint density at radius 1 is 1.12 bits per heavy atom. The molecule has 2 heterocycles. The second kappa shape index (κ2) is 8.26. The van der Waals surface area contributed by atoms with Crippen LogP contribution in [0.15, 0.2) is 52.1 Å². The number of ether oxygens (including phenoxy) is 1. The fraction of sp³-hybridized carbons (Fsp3) is 0.261. The van der Waals surface area contributed by atoms with E-state index >= 15 is 0 Å². The molecular weight excluding hydrogens is 414 g/mol. The van der Waals surface area contributed by atoms with E-state index in [4.69, 9.17) is 4.74 Å². The largest absolute Gasteiger partial charge is 0.453 e. The molecular formula is C23H21N3O6. The number of esters is 1. The van der Waals surface area contributed by atoms with Crippen molar-refractivity contribution < 1.29 is 19.1 Å². The number of ketones is 1. The SMILES string of the molecule is CC(=O)N1CCc2cc(C(=O)[C@@H](C)OC(=O)Cn3c(=O)c(=O)[nH]c4ccccc43)ccc21. The van der Waals surface area contributed by atoms with Gasteiger partial charge in [-0.2, -0.15) is 0 Å². The molecule has 3 aromatic rings. The smallest absolute Gasteiger partial charge is 0.326 e. The highest BCUT2D eigenvalue weighted by Gasteiger charge is 2.26. The Morgan fingerprint density at radius 3 is 2.62 bits per heavy atom. The summed E-state index contributed by atoms with van der Waals surface area (Å²) in [5.41, 5.74) is 1.08. The first-order valence-corrected chi connectivity index (χ1v) is 10.1. The zero-order chi connectivity index (χ0) is 23.0. The number of carbonyl (C=O) groups excluding carboxylic acids is 3. The van der Waals surface area contributed by atoms with Crippen molar-refractivity contribution in [1.82, 2.24) is 9.55 Å². The van der Waals surface area contributed by atoms with Crippen LogP contribution in [0.5, 0.6) is 0 Å². The van der Waals surface area contributed by atoms with E-state index in [0.717, 1.165) is 15.8 Å². The maximum atomic E-state index is 12.8. The average Bonchev–Trinajstić information content (AvgIpc) is 3.20. The van der Waals surface area contributed by atoms with E-state index in [-0.39, 0.29) is 5.91 Å². The number of rotatable bonds is 5. The lowest BCUT2D eigenvalue weighted by atomic mass is 10.0. The second-order valence-corrected chi connectivity index (χ2v) is 7.62. The van der Waals surface area contributed by atoms with Crippen LogP contribution < -0.4 is 16.0 Å². The highest BCUT2D eigenvalue weighted by atomic mass is 16.5. The maximum Gasteiger partial charge on any atom is 0.326 e. The number of hydrogen-bond acceptors (Lipinski definition) is 6. The molecule has 0 radical (unpaired) electrons. The molecule has 9 heteroatoms. The van der Waals surface area contributed by atoms with E-state index in [1.54, 1.807) is 47.4 Å². The van der Waals surface area contributed by atoms with E-state index in [1.165, 1.54) is 13.8 Å². The van der Waals surface area contributed by atoms with Crippen LogP contribution in [0.1, 0.15) is 29.8 Å². The molecule has 0 aliphatic carbocycles. The zero-order valence-electron chi connectivity index (χ0n) is 17.6. The normalized spacial score (nSPS) is 13.6. The number of Topliss-reactive ketones (excluding diaryl/α,β-unsaturated/α-hetero) is 1. The van der Waals surface area contributed by atoms with E-state index in [9.17, 15) is 24.0 Å². The number of para-hydroxylation sites is 2. The third-order valence-corrected chi connectivity index (χ3v) is 5.49. The zero-order valence-corrected chi connectivity index (χ0v) is 17.6. The van der Waals surface area contributed by atoms with Crippen molar-refractivity contribution in [2.75, 3.05) is 11.4 Å². The lowest BCUT2D eigenvalue weighted by Gasteiger charge is -2.16. The number of anilines is 1. The topological polar surface area (TPSA) is 119 Å². The number of benzene rings is 2. The molecule has 164 valence electrons. The number of hydrogen-bond donors (Lipinski definition) is 1. The van der Waals surface area contributed by atoms with Crippen molar-refractivity contribution in [2.24, 2.45) is 0 Å². The van der Waals surface area contributed by atoms with Gasteiger partial charge in [0.2, 0.25) is 11.7 Å². The van der Waals surface area contributed by atoms with E-state index in [1.807, 2.05) is 0 Å². The minimum Gasteiger partial charge on any atom is -0.453 e. The van der Waals surface area contributed by atoms with Crippen molar-refractivity contribution in [2.45, 2.75) is 32.9 Å². The van der Waals surface area contributed by atoms with Gasteiger partial charge in [0.15, 0.2) is 6.10 Å². The molecule has 32 heavy (non-hydrogen) atoms. The summed E-state index contributed by atoms with van der Waals surface area (Å²) < 4.78 is 6.30. The Hall–Kier alpha value is -4.01. The average molecular weight is 435 g/mol. The van der Waals surface area contributed by atoms with Gasteiger partial charge in [-0.15, -0.1) is 0 Å².